The fourth-order valence-electron chi connectivity index (χ4n) is 2.61. The summed E-state index contributed by atoms with van der Waals surface area (Å²) >= 11 is 0. The highest BCUT2D eigenvalue weighted by atomic mass is 32.2. The molecule has 128 valence electrons. The third-order valence-electron chi connectivity index (χ3n) is 3.96. The Labute approximate surface area is 135 Å². The van der Waals surface area contributed by atoms with Crippen LogP contribution in [0.5, 0.6) is 0 Å². The van der Waals surface area contributed by atoms with E-state index in [1.807, 2.05) is 0 Å². The molecule has 1 aromatic carbocycles. The largest absolute Gasteiger partial charge is 0.481 e. The van der Waals surface area contributed by atoms with Gasteiger partial charge in [-0.3, -0.25) is 4.79 Å². The standard InChI is InChI=1S/C15H21FN2O4S/c16-14-3-1-12(2-4-14)11-23(21,22)17-7-10-18-8-5-13(6-9-18)15(19)20/h1-4,13,17H,5-11H2,(H,19,20). The number of carboxylic acid groups (broad SMARTS) is 1. The average molecular weight is 344 g/mol. The van der Waals surface area contributed by atoms with Gasteiger partial charge in [0.1, 0.15) is 5.82 Å². The number of piperidine rings is 1. The minimum Gasteiger partial charge on any atom is -0.481 e. The third-order valence-corrected chi connectivity index (χ3v) is 5.31. The number of nitrogens with one attached hydrogen (secondary N) is 1. The second kappa shape index (κ2) is 7.85. The predicted molar refractivity (Wildman–Crippen MR) is 83.8 cm³/mol. The maximum absolute atomic E-state index is 12.8. The molecular weight excluding hydrogens is 323 g/mol. The maximum atomic E-state index is 12.8. The van der Waals surface area contributed by atoms with Crippen molar-refractivity contribution in [2.45, 2.75) is 18.6 Å². The van der Waals surface area contributed by atoms with Crippen molar-refractivity contribution in [1.82, 2.24) is 9.62 Å². The molecule has 1 saturated heterocycles. The molecule has 0 aliphatic carbocycles. The highest BCUT2D eigenvalue weighted by Crippen LogP contribution is 2.16. The molecule has 0 bridgehead atoms. The number of carbonyl (C=O) groups is 1. The lowest BCUT2D eigenvalue weighted by Gasteiger charge is -2.29. The molecule has 8 heteroatoms. The van der Waals surface area contributed by atoms with E-state index in [9.17, 15) is 17.6 Å². The van der Waals surface area contributed by atoms with Crippen LogP contribution in [0.3, 0.4) is 0 Å². The van der Waals surface area contributed by atoms with Crippen molar-refractivity contribution in [2.24, 2.45) is 5.92 Å². The molecule has 0 amide bonds. The lowest BCUT2D eigenvalue weighted by atomic mass is 9.97. The molecule has 0 aromatic heterocycles. The van der Waals surface area contributed by atoms with Crippen LogP contribution in [-0.4, -0.2) is 50.6 Å². The number of sulfonamides is 1. The second-order valence-electron chi connectivity index (χ2n) is 5.73. The summed E-state index contributed by atoms with van der Waals surface area (Å²) in [7, 11) is -3.47. The van der Waals surface area contributed by atoms with Crippen molar-refractivity contribution in [1.29, 1.82) is 0 Å². The number of carboxylic acids is 1. The number of likely N-dealkylation sites (tertiary alicyclic amines) is 1. The van der Waals surface area contributed by atoms with Crippen molar-refractivity contribution in [3.63, 3.8) is 0 Å². The summed E-state index contributed by atoms with van der Waals surface area (Å²) in [6.45, 7) is 2.16. The normalized spacial score (nSPS) is 17.3. The summed E-state index contributed by atoms with van der Waals surface area (Å²) in [6, 6.07) is 5.37. The monoisotopic (exact) mass is 344 g/mol. The number of hydrogen-bond donors (Lipinski definition) is 2. The number of aliphatic carboxylic acids is 1. The molecule has 1 fully saturated rings. The van der Waals surface area contributed by atoms with Gasteiger partial charge in [-0.15, -0.1) is 0 Å². The van der Waals surface area contributed by atoms with E-state index in [4.69, 9.17) is 5.11 Å². The van der Waals surface area contributed by atoms with Gasteiger partial charge < -0.3 is 10.0 Å². The van der Waals surface area contributed by atoms with Gasteiger partial charge in [0.15, 0.2) is 0 Å². The first-order chi connectivity index (χ1) is 10.9. The topological polar surface area (TPSA) is 86.7 Å². The summed E-state index contributed by atoms with van der Waals surface area (Å²) in [5.74, 6) is -1.64. The Bertz CT molecular complexity index is 625. The molecule has 0 unspecified atom stereocenters. The smallest absolute Gasteiger partial charge is 0.306 e. The van der Waals surface area contributed by atoms with Crippen LogP contribution in [0.4, 0.5) is 4.39 Å². The molecule has 23 heavy (non-hydrogen) atoms. The van der Waals surface area contributed by atoms with Crippen LogP contribution in [0.2, 0.25) is 0 Å². The van der Waals surface area contributed by atoms with Gasteiger partial charge in [0.2, 0.25) is 10.0 Å². The number of halogens is 1. The summed E-state index contributed by atoms with van der Waals surface area (Å²) in [6.07, 6.45) is 1.19. The number of hydrogen-bond acceptors (Lipinski definition) is 4. The second-order valence-corrected chi connectivity index (χ2v) is 7.54. The lowest BCUT2D eigenvalue weighted by molar-refractivity contribution is -0.143. The van der Waals surface area contributed by atoms with Gasteiger partial charge in [0.05, 0.1) is 11.7 Å². The zero-order valence-electron chi connectivity index (χ0n) is 12.7. The summed E-state index contributed by atoms with van der Waals surface area (Å²) in [4.78, 5) is 12.9. The summed E-state index contributed by atoms with van der Waals surface area (Å²) in [5.41, 5.74) is 0.529. The minimum absolute atomic E-state index is 0.186. The first-order valence-corrected chi connectivity index (χ1v) is 9.18. The first-order valence-electron chi connectivity index (χ1n) is 7.53. The van der Waals surface area contributed by atoms with Crippen LogP contribution in [0.15, 0.2) is 24.3 Å². The molecule has 1 aliphatic heterocycles. The maximum Gasteiger partial charge on any atom is 0.306 e. The van der Waals surface area contributed by atoms with Gasteiger partial charge in [-0.1, -0.05) is 12.1 Å². The van der Waals surface area contributed by atoms with E-state index in [-0.39, 0.29) is 18.2 Å². The van der Waals surface area contributed by atoms with Crippen LogP contribution in [0.25, 0.3) is 0 Å². The number of benzene rings is 1. The molecule has 0 radical (unpaired) electrons. The summed E-state index contributed by atoms with van der Waals surface area (Å²) in [5, 5.41) is 8.93. The van der Waals surface area contributed by atoms with Crippen molar-refractivity contribution in [3.05, 3.63) is 35.6 Å². The van der Waals surface area contributed by atoms with E-state index < -0.39 is 21.8 Å². The fraction of sp³-hybridized carbons (Fsp3) is 0.533. The van der Waals surface area contributed by atoms with Crippen molar-refractivity contribution in [2.75, 3.05) is 26.2 Å². The number of rotatable bonds is 7. The Balaban J connectivity index is 1.73. The molecule has 0 spiro atoms. The minimum atomic E-state index is -3.47. The fourth-order valence-corrected chi connectivity index (χ4v) is 3.75. The average Bonchev–Trinajstić information content (AvgIpc) is 2.50. The highest BCUT2D eigenvalue weighted by Gasteiger charge is 2.24. The highest BCUT2D eigenvalue weighted by molar-refractivity contribution is 7.88. The zero-order chi connectivity index (χ0) is 16.9. The van der Waals surface area contributed by atoms with Crippen molar-refractivity contribution >= 4 is 16.0 Å². The van der Waals surface area contributed by atoms with E-state index in [0.717, 1.165) is 0 Å². The molecule has 1 aliphatic rings. The van der Waals surface area contributed by atoms with E-state index in [1.54, 1.807) is 0 Å². The van der Waals surface area contributed by atoms with Gasteiger partial charge in [-0.25, -0.2) is 17.5 Å². The van der Waals surface area contributed by atoms with Gasteiger partial charge in [-0.05, 0) is 43.6 Å². The van der Waals surface area contributed by atoms with Crippen LogP contribution in [0, 0.1) is 11.7 Å². The Hall–Kier alpha value is -1.51. The molecule has 0 saturated carbocycles. The first kappa shape index (κ1) is 17.8. The van der Waals surface area contributed by atoms with Crippen LogP contribution < -0.4 is 4.72 Å². The van der Waals surface area contributed by atoms with Crippen LogP contribution in [-0.2, 0) is 20.6 Å². The number of nitrogens with zero attached hydrogens (tertiary/aromatic N) is 1. The van der Waals surface area contributed by atoms with E-state index in [0.29, 0.717) is 38.0 Å². The SMILES string of the molecule is O=C(O)C1CCN(CCNS(=O)(=O)Cc2ccc(F)cc2)CC1. The Kier molecular flexibility index (Phi) is 6.09. The Morgan fingerprint density at radius 1 is 1.26 bits per heavy atom. The van der Waals surface area contributed by atoms with E-state index >= 15 is 0 Å². The summed E-state index contributed by atoms with van der Waals surface area (Å²) < 4.78 is 39.3. The van der Waals surface area contributed by atoms with Crippen LogP contribution >= 0.6 is 0 Å². The predicted octanol–water partition coefficient (Wildman–Crippen LogP) is 1.04. The third kappa shape index (κ3) is 5.89. The molecule has 6 nitrogen and oxygen atoms in total. The van der Waals surface area contributed by atoms with E-state index in [2.05, 4.69) is 9.62 Å². The zero-order valence-corrected chi connectivity index (χ0v) is 13.6. The van der Waals surface area contributed by atoms with Gasteiger partial charge >= 0.3 is 5.97 Å². The molecule has 1 aromatic rings. The lowest BCUT2D eigenvalue weighted by Crippen LogP contribution is -2.41. The molecule has 2 N–H and O–H groups in total. The van der Waals surface area contributed by atoms with Gasteiger partial charge in [0.25, 0.3) is 0 Å². The molecule has 0 atom stereocenters. The molecule has 1 heterocycles. The molecular formula is C15H21FN2O4S. The van der Waals surface area contributed by atoms with Crippen molar-refractivity contribution in [3.8, 4) is 0 Å². The van der Waals surface area contributed by atoms with Gasteiger partial charge in [0, 0.05) is 13.1 Å². The molecule has 2 rings (SSSR count). The Morgan fingerprint density at radius 3 is 2.43 bits per heavy atom. The quantitative estimate of drug-likeness (QED) is 0.772. The van der Waals surface area contributed by atoms with Gasteiger partial charge in [-0.2, -0.15) is 0 Å². The van der Waals surface area contributed by atoms with Crippen molar-refractivity contribution < 1.29 is 22.7 Å². The Morgan fingerprint density at radius 2 is 1.87 bits per heavy atom. The van der Waals surface area contributed by atoms with Crippen LogP contribution in [0.1, 0.15) is 18.4 Å². The van der Waals surface area contributed by atoms with E-state index in [1.165, 1.54) is 24.3 Å².